The van der Waals surface area contributed by atoms with Gasteiger partial charge in [0.1, 0.15) is 0 Å². The van der Waals surface area contributed by atoms with Gasteiger partial charge in [0.05, 0.1) is 19.8 Å². The number of rotatable bonds is 11. The zero-order chi connectivity index (χ0) is 23.4. The summed E-state index contributed by atoms with van der Waals surface area (Å²) in [6, 6.07) is 10.4. The predicted molar refractivity (Wildman–Crippen MR) is 136 cm³/mol. The molecule has 2 aliphatic carbocycles. The van der Waals surface area contributed by atoms with Gasteiger partial charge in [0.25, 0.3) is 0 Å². The molecule has 4 heteroatoms. The molecule has 0 unspecified atom stereocenters. The van der Waals surface area contributed by atoms with Crippen LogP contribution in [0.15, 0.2) is 54.1 Å². The van der Waals surface area contributed by atoms with E-state index in [-0.39, 0.29) is 17.1 Å². The summed E-state index contributed by atoms with van der Waals surface area (Å²) >= 11 is 0. The Morgan fingerprint density at radius 3 is 2.56 bits per heavy atom. The monoisotopic (exact) mass is 456 g/mol. The summed E-state index contributed by atoms with van der Waals surface area (Å²) < 4.78 is 12.6. The van der Waals surface area contributed by atoms with Crippen molar-refractivity contribution in [2.24, 2.45) is 17.3 Å². The highest BCUT2D eigenvalue weighted by Gasteiger charge is 2.50. The number of hydrogen-bond acceptors (Lipinski definition) is 3. The van der Waals surface area contributed by atoms with E-state index < -0.39 is 8.32 Å². The van der Waals surface area contributed by atoms with E-state index in [1.165, 1.54) is 17.6 Å². The standard InChI is InChI=1S/C28H44O3Si/c1-7-28(21-29)18-24(20-30-19-22-12-9-8-10-13-22)25-16-15-23(26(25)28)14-11-17-31-32(5,6)27(2,3)4/h7-10,12-13,24-25,29H,1,11,14-21H2,2-6H3/t24-,25+,28-/m0/s1. The second-order valence-electron chi connectivity index (χ2n) is 11.4. The smallest absolute Gasteiger partial charge is 0.191 e. The molecule has 0 bridgehead atoms. The van der Waals surface area contributed by atoms with Gasteiger partial charge in [-0.1, -0.05) is 68.3 Å². The van der Waals surface area contributed by atoms with Gasteiger partial charge in [-0.3, -0.25) is 0 Å². The minimum Gasteiger partial charge on any atom is -0.417 e. The Hall–Kier alpha value is -1.20. The second-order valence-corrected chi connectivity index (χ2v) is 16.2. The highest BCUT2D eigenvalue weighted by Crippen LogP contribution is 2.58. The van der Waals surface area contributed by atoms with Crippen molar-refractivity contribution in [3.05, 3.63) is 59.7 Å². The van der Waals surface area contributed by atoms with Gasteiger partial charge < -0.3 is 14.3 Å². The van der Waals surface area contributed by atoms with Gasteiger partial charge in [0.2, 0.25) is 0 Å². The lowest BCUT2D eigenvalue weighted by Gasteiger charge is -2.36. The first-order valence-corrected chi connectivity index (χ1v) is 15.3. The van der Waals surface area contributed by atoms with Crippen LogP contribution >= 0.6 is 0 Å². The van der Waals surface area contributed by atoms with Crippen LogP contribution in [-0.2, 0) is 15.8 Å². The fourth-order valence-corrected chi connectivity index (χ4v) is 6.45. The minimum atomic E-state index is -1.69. The quantitative estimate of drug-likeness (QED) is 0.224. The summed E-state index contributed by atoms with van der Waals surface area (Å²) in [5, 5.41) is 10.7. The van der Waals surface area contributed by atoms with Crippen LogP contribution in [0.5, 0.6) is 0 Å². The highest BCUT2D eigenvalue weighted by molar-refractivity contribution is 6.74. The molecule has 3 nitrogen and oxygen atoms in total. The number of benzene rings is 1. The lowest BCUT2D eigenvalue weighted by atomic mass is 9.80. The molecule has 3 rings (SSSR count). The van der Waals surface area contributed by atoms with Gasteiger partial charge in [-0.15, -0.1) is 6.58 Å². The Bertz CT molecular complexity index is 793. The third kappa shape index (κ3) is 5.47. The van der Waals surface area contributed by atoms with Gasteiger partial charge in [-0.05, 0) is 67.6 Å². The number of allylic oxidation sites excluding steroid dienone is 1. The van der Waals surface area contributed by atoms with Gasteiger partial charge >= 0.3 is 0 Å². The second kappa shape index (κ2) is 10.4. The zero-order valence-electron chi connectivity index (χ0n) is 21.0. The SMILES string of the molecule is C=C[C@@]1(CO)C[C@@H](COCc2ccccc2)[C@H]2CCC(CCCO[Si](C)(C)C(C)(C)C)=C21. The van der Waals surface area contributed by atoms with Crippen LogP contribution in [0.25, 0.3) is 0 Å². The number of fused-ring (bicyclic) bond motifs is 1. The maximum atomic E-state index is 10.4. The molecule has 3 atom stereocenters. The van der Waals surface area contributed by atoms with Crippen molar-refractivity contribution in [1.29, 1.82) is 0 Å². The van der Waals surface area contributed by atoms with Crippen molar-refractivity contribution in [2.75, 3.05) is 19.8 Å². The van der Waals surface area contributed by atoms with E-state index in [4.69, 9.17) is 9.16 Å². The van der Waals surface area contributed by atoms with Crippen LogP contribution in [0.3, 0.4) is 0 Å². The van der Waals surface area contributed by atoms with Crippen molar-refractivity contribution in [1.82, 2.24) is 0 Å². The van der Waals surface area contributed by atoms with Gasteiger partial charge in [0, 0.05) is 12.0 Å². The molecule has 0 heterocycles. The molecular weight excluding hydrogens is 412 g/mol. The molecule has 1 N–H and O–H groups in total. The van der Waals surface area contributed by atoms with E-state index in [0.29, 0.717) is 18.4 Å². The molecule has 1 fully saturated rings. The molecular formula is C28H44O3Si. The van der Waals surface area contributed by atoms with E-state index in [0.717, 1.165) is 38.9 Å². The van der Waals surface area contributed by atoms with Gasteiger partial charge in [-0.2, -0.15) is 0 Å². The number of hydrogen-bond donors (Lipinski definition) is 1. The molecule has 2 aliphatic rings. The maximum absolute atomic E-state index is 10.4. The fourth-order valence-electron chi connectivity index (χ4n) is 5.36. The summed E-state index contributed by atoms with van der Waals surface area (Å²) in [7, 11) is -1.69. The Balaban J connectivity index is 1.62. The number of aliphatic hydroxyl groups excluding tert-OH is 1. The molecule has 1 aromatic carbocycles. The first-order chi connectivity index (χ1) is 15.1. The van der Waals surface area contributed by atoms with Crippen LogP contribution in [0, 0.1) is 17.3 Å². The van der Waals surface area contributed by atoms with E-state index in [2.05, 4.69) is 64.7 Å². The summed E-state index contributed by atoms with van der Waals surface area (Å²) in [6.45, 7) is 18.1. The van der Waals surface area contributed by atoms with Gasteiger partial charge in [-0.25, -0.2) is 0 Å². The lowest BCUT2D eigenvalue weighted by molar-refractivity contribution is 0.0705. The summed E-state index contributed by atoms with van der Waals surface area (Å²) in [6.07, 6.45) is 7.43. The molecule has 0 spiro atoms. The van der Waals surface area contributed by atoms with Gasteiger partial charge in [0.15, 0.2) is 8.32 Å². The van der Waals surface area contributed by atoms with Crippen molar-refractivity contribution >= 4 is 8.32 Å². The molecule has 1 saturated carbocycles. The highest BCUT2D eigenvalue weighted by atomic mass is 28.4. The molecule has 0 aromatic heterocycles. The predicted octanol–water partition coefficient (Wildman–Crippen LogP) is 6.90. The molecule has 0 amide bonds. The number of aliphatic hydroxyl groups is 1. The Labute approximate surface area is 197 Å². The Morgan fingerprint density at radius 1 is 1.22 bits per heavy atom. The summed E-state index contributed by atoms with van der Waals surface area (Å²) in [5.74, 6) is 0.979. The lowest BCUT2D eigenvalue weighted by Crippen LogP contribution is -2.40. The molecule has 0 radical (unpaired) electrons. The van der Waals surface area contributed by atoms with E-state index in [1.54, 1.807) is 5.57 Å². The average molecular weight is 457 g/mol. The molecule has 0 aliphatic heterocycles. The van der Waals surface area contributed by atoms with E-state index >= 15 is 0 Å². The zero-order valence-corrected chi connectivity index (χ0v) is 22.0. The van der Waals surface area contributed by atoms with Crippen LogP contribution in [0.4, 0.5) is 0 Å². The Morgan fingerprint density at radius 2 is 1.94 bits per heavy atom. The van der Waals surface area contributed by atoms with Crippen molar-refractivity contribution < 1.29 is 14.3 Å². The topological polar surface area (TPSA) is 38.7 Å². The normalized spacial score (nSPS) is 25.9. The van der Waals surface area contributed by atoms with Crippen LogP contribution < -0.4 is 0 Å². The van der Waals surface area contributed by atoms with Crippen molar-refractivity contribution in [3.8, 4) is 0 Å². The molecule has 178 valence electrons. The van der Waals surface area contributed by atoms with Crippen molar-refractivity contribution in [2.45, 2.75) is 77.6 Å². The largest absolute Gasteiger partial charge is 0.417 e. The third-order valence-corrected chi connectivity index (χ3v) is 12.8. The van der Waals surface area contributed by atoms with Crippen molar-refractivity contribution in [3.63, 3.8) is 0 Å². The molecule has 1 aromatic rings. The maximum Gasteiger partial charge on any atom is 0.191 e. The summed E-state index contributed by atoms with van der Waals surface area (Å²) in [4.78, 5) is 0. The van der Waals surface area contributed by atoms with Crippen LogP contribution in [0.1, 0.15) is 58.4 Å². The molecule has 32 heavy (non-hydrogen) atoms. The first-order valence-electron chi connectivity index (χ1n) is 12.4. The Kier molecular flexibility index (Phi) is 8.24. The minimum absolute atomic E-state index is 0.154. The fraction of sp³-hybridized carbons (Fsp3) is 0.643. The summed E-state index contributed by atoms with van der Waals surface area (Å²) in [5.41, 5.74) is 3.98. The average Bonchev–Trinajstić information content (AvgIpc) is 3.31. The van der Waals surface area contributed by atoms with E-state index in [9.17, 15) is 5.11 Å². The first kappa shape index (κ1) is 25.4. The van der Waals surface area contributed by atoms with Crippen LogP contribution in [0.2, 0.25) is 18.1 Å². The third-order valence-electron chi connectivity index (χ3n) is 8.25. The van der Waals surface area contributed by atoms with E-state index in [1.807, 2.05) is 12.1 Å². The van der Waals surface area contributed by atoms with Crippen LogP contribution in [-0.4, -0.2) is 33.2 Å². The number of ether oxygens (including phenoxy) is 1. The molecule has 0 saturated heterocycles.